The Morgan fingerprint density at radius 1 is 1.14 bits per heavy atom. The fourth-order valence-electron chi connectivity index (χ4n) is 2.00. The number of phenols is 1. The molecule has 0 atom stereocenters. The second-order valence-corrected chi connectivity index (χ2v) is 4.51. The number of methoxy groups -OCH3 is 1. The summed E-state index contributed by atoms with van der Waals surface area (Å²) < 4.78 is 24.3. The van der Waals surface area contributed by atoms with E-state index in [0.717, 1.165) is 6.07 Å². The van der Waals surface area contributed by atoms with Crippen molar-refractivity contribution in [1.29, 1.82) is 0 Å². The number of anilines is 1. The SMILES string of the molecule is COc1cc2ncnc(Oc3ccc(N)cc3F)c2cc1O. The summed E-state index contributed by atoms with van der Waals surface area (Å²) in [5.74, 6) is -0.330. The van der Waals surface area contributed by atoms with Gasteiger partial charge in [-0.3, -0.25) is 0 Å². The van der Waals surface area contributed by atoms with Gasteiger partial charge in [0, 0.05) is 17.8 Å². The topological polar surface area (TPSA) is 90.5 Å². The summed E-state index contributed by atoms with van der Waals surface area (Å²) >= 11 is 0. The molecule has 0 saturated carbocycles. The predicted molar refractivity (Wildman–Crippen MR) is 78.6 cm³/mol. The lowest BCUT2D eigenvalue weighted by Crippen LogP contribution is -1.95. The van der Waals surface area contributed by atoms with Crippen LogP contribution in [0.1, 0.15) is 0 Å². The second-order valence-electron chi connectivity index (χ2n) is 4.51. The van der Waals surface area contributed by atoms with E-state index >= 15 is 0 Å². The molecular formula is C15H12FN3O3. The molecule has 22 heavy (non-hydrogen) atoms. The quantitative estimate of drug-likeness (QED) is 0.723. The molecule has 2 aromatic carbocycles. The molecule has 3 N–H and O–H groups in total. The van der Waals surface area contributed by atoms with Crippen molar-refractivity contribution < 1.29 is 19.0 Å². The van der Waals surface area contributed by atoms with E-state index in [1.165, 1.54) is 31.6 Å². The fourth-order valence-corrected chi connectivity index (χ4v) is 2.00. The number of benzene rings is 2. The number of hydrogen-bond acceptors (Lipinski definition) is 6. The Labute approximate surface area is 125 Å². The molecule has 0 spiro atoms. The Hall–Kier alpha value is -3.09. The Morgan fingerprint density at radius 3 is 2.68 bits per heavy atom. The van der Waals surface area contributed by atoms with Crippen molar-refractivity contribution in [3.05, 3.63) is 42.5 Å². The van der Waals surface area contributed by atoms with Crippen LogP contribution in [0, 0.1) is 5.82 Å². The fraction of sp³-hybridized carbons (Fsp3) is 0.0667. The molecule has 0 aliphatic carbocycles. The van der Waals surface area contributed by atoms with E-state index in [-0.39, 0.29) is 23.1 Å². The molecular weight excluding hydrogens is 289 g/mol. The van der Waals surface area contributed by atoms with E-state index in [4.69, 9.17) is 15.2 Å². The van der Waals surface area contributed by atoms with Gasteiger partial charge in [0.2, 0.25) is 5.88 Å². The van der Waals surface area contributed by atoms with E-state index < -0.39 is 5.82 Å². The van der Waals surface area contributed by atoms with Crippen molar-refractivity contribution in [2.45, 2.75) is 0 Å². The van der Waals surface area contributed by atoms with E-state index in [1.807, 2.05) is 0 Å². The first-order valence-electron chi connectivity index (χ1n) is 6.33. The number of nitrogens with zero attached hydrogens (tertiary/aromatic N) is 2. The van der Waals surface area contributed by atoms with Gasteiger partial charge in [-0.25, -0.2) is 14.4 Å². The maximum absolute atomic E-state index is 13.8. The summed E-state index contributed by atoms with van der Waals surface area (Å²) in [6.45, 7) is 0. The predicted octanol–water partition coefficient (Wildman–Crippen LogP) is 2.86. The zero-order valence-electron chi connectivity index (χ0n) is 11.6. The van der Waals surface area contributed by atoms with Crippen LogP contribution in [-0.2, 0) is 0 Å². The molecule has 0 bridgehead atoms. The lowest BCUT2D eigenvalue weighted by Gasteiger charge is -2.10. The molecule has 0 radical (unpaired) electrons. The molecule has 3 aromatic rings. The molecule has 6 nitrogen and oxygen atoms in total. The van der Waals surface area contributed by atoms with E-state index in [0.29, 0.717) is 16.6 Å². The lowest BCUT2D eigenvalue weighted by molar-refractivity contribution is 0.374. The third kappa shape index (κ3) is 2.44. The molecule has 0 fully saturated rings. The molecule has 0 unspecified atom stereocenters. The average Bonchev–Trinajstić information content (AvgIpc) is 2.50. The molecule has 1 heterocycles. The number of ether oxygens (including phenoxy) is 2. The number of halogens is 1. The van der Waals surface area contributed by atoms with Gasteiger partial charge in [-0.1, -0.05) is 0 Å². The smallest absolute Gasteiger partial charge is 0.230 e. The summed E-state index contributed by atoms with van der Waals surface area (Å²) in [5, 5.41) is 10.3. The summed E-state index contributed by atoms with van der Waals surface area (Å²) in [5.41, 5.74) is 6.28. The summed E-state index contributed by atoms with van der Waals surface area (Å²) in [4.78, 5) is 8.05. The van der Waals surface area contributed by atoms with Gasteiger partial charge < -0.3 is 20.3 Å². The highest BCUT2D eigenvalue weighted by atomic mass is 19.1. The maximum Gasteiger partial charge on any atom is 0.230 e. The van der Waals surface area contributed by atoms with Crippen molar-refractivity contribution in [2.75, 3.05) is 12.8 Å². The zero-order chi connectivity index (χ0) is 15.7. The molecule has 0 aliphatic heterocycles. The molecule has 3 rings (SSSR count). The first kappa shape index (κ1) is 13.9. The minimum atomic E-state index is -0.607. The van der Waals surface area contributed by atoms with Crippen LogP contribution in [0.15, 0.2) is 36.7 Å². The Kier molecular flexibility index (Phi) is 3.38. The normalized spacial score (nSPS) is 10.6. The van der Waals surface area contributed by atoms with Gasteiger partial charge in [-0.15, -0.1) is 0 Å². The van der Waals surface area contributed by atoms with Gasteiger partial charge in [0.1, 0.15) is 6.33 Å². The highest BCUT2D eigenvalue weighted by Crippen LogP contribution is 2.35. The maximum atomic E-state index is 13.8. The summed E-state index contributed by atoms with van der Waals surface area (Å²) in [7, 11) is 1.43. The zero-order valence-corrected chi connectivity index (χ0v) is 11.6. The molecule has 0 aliphatic rings. The Bertz CT molecular complexity index is 855. The number of aromatic hydroxyl groups is 1. The van der Waals surface area contributed by atoms with Gasteiger partial charge in [0.15, 0.2) is 23.1 Å². The van der Waals surface area contributed by atoms with E-state index in [1.54, 1.807) is 6.07 Å². The van der Waals surface area contributed by atoms with Gasteiger partial charge in [-0.05, 0) is 18.2 Å². The lowest BCUT2D eigenvalue weighted by atomic mass is 10.2. The third-order valence-electron chi connectivity index (χ3n) is 3.06. The molecule has 0 amide bonds. The van der Waals surface area contributed by atoms with Crippen LogP contribution in [0.25, 0.3) is 10.9 Å². The van der Waals surface area contributed by atoms with Crippen LogP contribution in [0.4, 0.5) is 10.1 Å². The van der Waals surface area contributed by atoms with Crippen molar-refractivity contribution in [3.63, 3.8) is 0 Å². The number of hydrogen-bond donors (Lipinski definition) is 2. The highest BCUT2D eigenvalue weighted by Gasteiger charge is 2.13. The van der Waals surface area contributed by atoms with Crippen molar-refractivity contribution >= 4 is 16.6 Å². The highest BCUT2D eigenvalue weighted by molar-refractivity contribution is 5.86. The minimum Gasteiger partial charge on any atom is -0.504 e. The van der Waals surface area contributed by atoms with Crippen molar-refractivity contribution in [2.24, 2.45) is 0 Å². The first-order valence-corrected chi connectivity index (χ1v) is 6.33. The van der Waals surface area contributed by atoms with Crippen LogP contribution in [0.2, 0.25) is 0 Å². The number of nitrogens with two attached hydrogens (primary N) is 1. The van der Waals surface area contributed by atoms with E-state index in [2.05, 4.69) is 9.97 Å². The summed E-state index contributed by atoms with van der Waals surface area (Å²) in [6, 6.07) is 7.01. The number of fused-ring (bicyclic) bond motifs is 1. The van der Waals surface area contributed by atoms with Crippen LogP contribution in [0.3, 0.4) is 0 Å². The first-order chi connectivity index (χ1) is 10.6. The molecule has 112 valence electrons. The van der Waals surface area contributed by atoms with Gasteiger partial charge in [0.05, 0.1) is 18.0 Å². The molecule has 7 heteroatoms. The van der Waals surface area contributed by atoms with Gasteiger partial charge in [-0.2, -0.15) is 0 Å². The van der Waals surface area contributed by atoms with Crippen molar-refractivity contribution in [3.8, 4) is 23.1 Å². The largest absolute Gasteiger partial charge is 0.504 e. The average molecular weight is 301 g/mol. The third-order valence-corrected chi connectivity index (χ3v) is 3.06. The Balaban J connectivity index is 2.09. The van der Waals surface area contributed by atoms with Gasteiger partial charge >= 0.3 is 0 Å². The number of rotatable bonds is 3. The minimum absolute atomic E-state index is 0.0236. The monoisotopic (exact) mass is 301 g/mol. The summed E-state index contributed by atoms with van der Waals surface area (Å²) in [6.07, 6.45) is 1.28. The Morgan fingerprint density at radius 2 is 1.95 bits per heavy atom. The number of nitrogen functional groups attached to an aromatic ring is 1. The second kappa shape index (κ2) is 5.36. The van der Waals surface area contributed by atoms with Crippen LogP contribution in [-0.4, -0.2) is 22.2 Å². The molecule has 1 aromatic heterocycles. The van der Waals surface area contributed by atoms with Crippen LogP contribution >= 0.6 is 0 Å². The standard InChI is InChI=1S/C15H12FN3O3/c1-21-14-6-11-9(5-12(14)20)15(19-7-18-11)22-13-3-2-8(17)4-10(13)16/h2-7,20H,17H2,1H3. The van der Waals surface area contributed by atoms with Crippen molar-refractivity contribution in [1.82, 2.24) is 9.97 Å². The number of phenolic OH excluding ortho intramolecular Hbond substituents is 1. The van der Waals surface area contributed by atoms with E-state index in [9.17, 15) is 9.50 Å². The van der Waals surface area contributed by atoms with Gasteiger partial charge in [0.25, 0.3) is 0 Å². The number of aromatic nitrogens is 2. The molecule has 0 saturated heterocycles. The van der Waals surface area contributed by atoms with Crippen LogP contribution < -0.4 is 15.2 Å². The van der Waals surface area contributed by atoms with Crippen LogP contribution in [0.5, 0.6) is 23.1 Å².